The van der Waals surface area contributed by atoms with E-state index in [4.69, 9.17) is 16.3 Å². The lowest BCUT2D eigenvalue weighted by Gasteiger charge is -2.14. The number of rotatable bonds is 6. The topological polar surface area (TPSA) is 84.5 Å². The van der Waals surface area contributed by atoms with Gasteiger partial charge in [0.05, 0.1) is 17.7 Å². The van der Waals surface area contributed by atoms with E-state index < -0.39 is 10.0 Å². The summed E-state index contributed by atoms with van der Waals surface area (Å²) in [6, 6.07) is 16.2. The molecule has 0 atom stereocenters. The van der Waals surface area contributed by atoms with Gasteiger partial charge in [-0.25, -0.2) is 8.42 Å². The van der Waals surface area contributed by atoms with Gasteiger partial charge >= 0.3 is 0 Å². The Kier molecular flexibility index (Phi) is 6.34. The van der Waals surface area contributed by atoms with Gasteiger partial charge in [-0.2, -0.15) is 0 Å². The zero-order valence-electron chi connectivity index (χ0n) is 16.7. The minimum Gasteiger partial charge on any atom is -0.495 e. The van der Waals surface area contributed by atoms with Crippen LogP contribution < -0.4 is 14.8 Å². The lowest BCUT2D eigenvalue weighted by atomic mass is 10.1. The monoisotopic (exact) mass is 444 g/mol. The molecule has 0 aromatic heterocycles. The molecule has 3 rings (SSSR count). The van der Waals surface area contributed by atoms with Crippen LogP contribution in [0.1, 0.15) is 21.5 Å². The highest BCUT2D eigenvalue weighted by Crippen LogP contribution is 2.29. The maximum absolute atomic E-state index is 12.9. The molecule has 1 amide bonds. The van der Waals surface area contributed by atoms with Gasteiger partial charge in [-0.1, -0.05) is 17.7 Å². The van der Waals surface area contributed by atoms with Crippen molar-refractivity contribution in [1.29, 1.82) is 0 Å². The first-order valence-electron chi connectivity index (χ1n) is 9.04. The van der Waals surface area contributed by atoms with E-state index in [9.17, 15) is 13.2 Å². The summed E-state index contributed by atoms with van der Waals surface area (Å²) in [5, 5.41) is 3.32. The van der Waals surface area contributed by atoms with Crippen LogP contribution in [-0.2, 0) is 10.0 Å². The van der Waals surface area contributed by atoms with Gasteiger partial charge < -0.3 is 10.1 Å². The number of benzene rings is 3. The molecule has 0 aliphatic carbocycles. The molecule has 0 spiro atoms. The summed E-state index contributed by atoms with van der Waals surface area (Å²) in [5.41, 5.74) is 2.82. The van der Waals surface area contributed by atoms with Crippen molar-refractivity contribution in [2.24, 2.45) is 0 Å². The minimum atomic E-state index is -3.84. The Morgan fingerprint density at radius 1 is 0.933 bits per heavy atom. The van der Waals surface area contributed by atoms with Crippen LogP contribution in [0.5, 0.6) is 5.75 Å². The number of ether oxygens (including phenoxy) is 1. The van der Waals surface area contributed by atoms with Crippen molar-refractivity contribution in [3.8, 4) is 5.75 Å². The number of nitrogens with one attached hydrogen (secondary N) is 2. The molecule has 3 aromatic carbocycles. The summed E-state index contributed by atoms with van der Waals surface area (Å²) < 4.78 is 33.5. The number of anilines is 2. The van der Waals surface area contributed by atoms with Crippen molar-refractivity contribution < 1.29 is 17.9 Å². The van der Waals surface area contributed by atoms with Crippen LogP contribution in [0, 0.1) is 13.8 Å². The van der Waals surface area contributed by atoms with E-state index >= 15 is 0 Å². The lowest BCUT2D eigenvalue weighted by Crippen LogP contribution is -2.15. The first-order chi connectivity index (χ1) is 14.2. The average molecular weight is 445 g/mol. The highest BCUT2D eigenvalue weighted by atomic mass is 35.5. The van der Waals surface area contributed by atoms with Gasteiger partial charge in [0.25, 0.3) is 15.9 Å². The number of amides is 1. The van der Waals surface area contributed by atoms with E-state index in [2.05, 4.69) is 10.0 Å². The fraction of sp³-hybridized carbons (Fsp3) is 0.136. The predicted octanol–water partition coefficient (Wildman–Crippen LogP) is 5.02. The minimum absolute atomic E-state index is 0.0769. The molecule has 30 heavy (non-hydrogen) atoms. The van der Waals surface area contributed by atoms with Crippen molar-refractivity contribution in [3.63, 3.8) is 0 Å². The zero-order chi connectivity index (χ0) is 21.9. The third kappa shape index (κ3) is 4.93. The van der Waals surface area contributed by atoms with Crippen LogP contribution in [0.4, 0.5) is 11.4 Å². The highest BCUT2D eigenvalue weighted by molar-refractivity contribution is 7.92. The van der Waals surface area contributed by atoms with E-state index in [0.29, 0.717) is 33.3 Å². The summed E-state index contributed by atoms with van der Waals surface area (Å²) in [5.74, 6) is 0.112. The van der Waals surface area contributed by atoms with Gasteiger partial charge in [-0.3, -0.25) is 9.52 Å². The normalized spacial score (nSPS) is 11.1. The molecule has 0 fully saturated rings. The second-order valence-electron chi connectivity index (χ2n) is 6.75. The van der Waals surface area contributed by atoms with Crippen molar-refractivity contribution in [1.82, 2.24) is 0 Å². The maximum atomic E-state index is 12.9. The third-order valence-corrected chi connectivity index (χ3v) is 6.08. The van der Waals surface area contributed by atoms with E-state index in [1.54, 1.807) is 49.4 Å². The number of aryl methyl sites for hydroxylation is 2. The second-order valence-corrected chi connectivity index (χ2v) is 8.87. The SMILES string of the molecule is COc1ccc(C)cc1NS(=O)(=O)c1ccc(NC(=O)c2ccc(Cl)cc2)c(C)c1. The van der Waals surface area contributed by atoms with Crippen molar-refractivity contribution >= 4 is 38.9 Å². The molecule has 0 saturated carbocycles. The number of methoxy groups -OCH3 is 1. The molecule has 6 nitrogen and oxygen atoms in total. The van der Waals surface area contributed by atoms with Crippen LogP contribution in [0.15, 0.2) is 65.6 Å². The Bertz CT molecular complexity index is 1190. The molecule has 3 aromatic rings. The molecule has 156 valence electrons. The van der Waals surface area contributed by atoms with Gasteiger partial charge in [-0.15, -0.1) is 0 Å². The van der Waals surface area contributed by atoms with Crippen LogP contribution in [0.25, 0.3) is 0 Å². The third-order valence-electron chi connectivity index (χ3n) is 4.46. The smallest absolute Gasteiger partial charge is 0.262 e. The fourth-order valence-corrected chi connectivity index (χ4v) is 4.12. The Labute approximate surface area is 180 Å². The van der Waals surface area contributed by atoms with Crippen LogP contribution in [0.2, 0.25) is 5.02 Å². The van der Waals surface area contributed by atoms with Gasteiger partial charge in [-0.05, 0) is 79.6 Å². The lowest BCUT2D eigenvalue weighted by molar-refractivity contribution is 0.102. The number of hydrogen-bond donors (Lipinski definition) is 2. The largest absolute Gasteiger partial charge is 0.495 e. The van der Waals surface area contributed by atoms with Crippen molar-refractivity contribution in [2.45, 2.75) is 18.7 Å². The number of hydrogen-bond acceptors (Lipinski definition) is 4. The molecule has 8 heteroatoms. The number of carbonyl (C=O) groups excluding carboxylic acids is 1. The van der Waals surface area contributed by atoms with Crippen LogP contribution in [0.3, 0.4) is 0 Å². The van der Waals surface area contributed by atoms with Gasteiger partial charge in [0.1, 0.15) is 5.75 Å². The van der Waals surface area contributed by atoms with Gasteiger partial charge in [0.15, 0.2) is 0 Å². The quantitative estimate of drug-likeness (QED) is 0.559. The molecule has 0 bridgehead atoms. The summed E-state index contributed by atoms with van der Waals surface area (Å²) >= 11 is 5.85. The standard InChI is InChI=1S/C22H21ClN2O4S/c1-14-4-11-21(29-3)20(12-14)25-30(27,28)18-9-10-19(15(2)13-18)24-22(26)16-5-7-17(23)8-6-16/h4-13,25H,1-3H3,(H,24,26). The summed E-state index contributed by atoms with van der Waals surface area (Å²) in [4.78, 5) is 12.5. The summed E-state index contributed by atoms with van der Waals surface area (Å²) in [6.07, 6.45) is 0. The highest BCUT2D eigenvalue weighted by Gasteiger charge is 2.18. The molecule has 0 aliphatic heterocycles. The van der Waals surface area contributed by atoms with Gasteiger partial charge in [0, 0.05) is 16.3 Å². The molecule has 0 saturated heterocycles. The second kappa shape index (κ2) is 8.77. The fourth-order valence-electron chi connectivity index (χ4n) is 2.84. The molecule has 2 N–H and O–H groups in total. The maximum Gasteiger partial charge on any atom is 0.262 e. The van der Waals surface area contributed by atoms with Gasteiger partial charge in [0.2, 0.25) is 0 Å². The van der Waals surface area contributed by atoms with Crippen molar-refractivity contribution in [2.75, 3.05) is 17.1 Å². The molecule has 0 unspecified atom stereocenters. The molecular weight excluding hydrogens is 424 g/mol. The number of sulfonamides is 1. The predicted molar refractivity (Wildman–Crippen MR) is 119 cm³/mol. The Morgan fingerprint density at radius 3 is 2.27 bits per heavy atom. The molecule has 0 aliphatic rings. The Morgan fingerprint density at radius 2 is 1.63 bits per heavy atom. The number of carbonyl (C=O) groups is 1. The van der Waals surface area contributed by atoms with E-state index in [1.165, 1.54) is 19.2 Å². The summed E-state index contributed by atoms with van der Waals surface area (Å²) in [6.45, 7) is 3.59. The molecular formula is C22H21ClN2O4S. The van der Waals surface area contributed by atoms with Crippen LogP contribution >= 0.6 is 11.6 Å². The molecule has 0 radical (unpaired) electrons. The Balaban J connectivity index is 1.82. The number of halogens is 1. The molecule has 0 heterocycles. The first-order valence-corrected chi connectivity index (χ1v) is 10.9. The Hall–Kier alpha value is -3.03. The zero-order valence-corrected chi connectivity index (χ0v) is 18.3. The summed E-state index contributed by atoms with van der Waals surface area (Å²) in [7, 11) is -2.37. The van der Waals surface area contributed by atoms with Crippen molar-refractivity contribution in [3.05, 3.63) is 82.4 Å². The van der Waals surface area contributed by atoms with E-state index in [-0.39, 0.29) is 10.8 Å². The average Bonchev–Trinajstić information content (AvgIpc) is 2.69. The van der Waals surface area contributed by atoms with E-state index in [0.717, 1.165) is 5.56 Å². The van der Waals surface area contributed by atoms with Crippen LogP contribution in [-0.4, -0.2) is 21.4 Å². The first kappa shape index (κ1) is 21.7. The van der Waals surface area contributed by atoms with E-state index in [1.807, 2.05) is 13.0 Å².